The second kappa shape index (κ2) is 4.70. The van der Waals surface area contributed by atoms with Crippen LogP contribution in [-0.4, -0.2) is 15.0 Å². The van der Waals surface area contributed by atoms with Gasteiger partial charge in [0.1, 0.15) is 0 Å². The molecular formula is C12H14N4. The average Bonchev–Trinajstić information content (AvgIpc) is 2.31. The number of aromatic nitrogens is 3. The highest BCUT2D eigenvalue weighted by atomic mass is 15.0. The van der Waals surface area contributed by atoms with Crippen molar-refractivity contribution >= 4 is 5.69 Å². The highest BCUT2D eigenvalue weighted by molar-refractivity contribution is 5.42. The molecule has 0 saturated heterocycles. The predicted molar refractivity (Wildman–Crippen MR) is 63.0 cm³/mol. The van der Waals surface area contributed by atoms with Gasteiger partial charge in [0, 0.05) is 24.8 Å². The molecule has 16 heavy (non-hydrogen) atoms. The number of nitrogens with one attached hydrogen (secondary N) is 1. The zero-order valence-corrected chi connectivity index (χ0v) is 9.38. The van der Waals surface area contributed by atoms with Crippen molar-refractivity contribution in [1.29, 1.82) is 0 Å². The highest BCUT2D eigenvalue weighted by Crippen LogP contribution is 2.17. The predicted octanol–water partition coefficient (Wildman–Crippen LogP) is 2.35. The van der Waals surface area contributed by atoms with Crippen molar-refractivity contribution < 1.29 is 0 Å². The summed E-state index contributed by atoms with van der Waals surface area (Å²) in [6.45, 7) is 4.02. The van der Waals surface area contributed by atoms with Crippen LogP contribution in [0.15, 0.2) is 36.9 Å². The lowest BCUT2D eigenvalue weighted by Gasteiger charge is -2.15. The SMILES string of the molecule is Cc1nccnc1C(C)Nc1cccnc1. The molecule has 0 fully saturated rings. The van der Waals surface area contributed by atoms with Gasteiger partial charge in [0.15, 0.2) is 0 Å². The van der Waals surface area contributed by atoms with E-state index in [1.165, 1.54) is 0 Å². The van der Waals surface area contributed by atoms with Crippen LogP contribution in [0.2, 0.25) is 0 Å². The Hall–Kier alpha value is -1.97. The van der Waals surface area contributed by atoms with Crippen LogP contribution >= 0.6 is 0 Å². The van der Waals surface area contributed by atoms with Gasteiger partial charge in [0.25, 0.3) is 0 Å². The lowest BCUT2D eigenvalue weighted by atomic mass is 10.2. The van der Waals surface area contributed by atoms with E-state index in [9.17, 15) is 0 Å². The molecule has 2 heterocycles. The van der Waals surface area contributed by atoms with Crippen molar-refractivity contribution in [2.45, 2.75) is 19.9 Å². The molecule has 1 atom stereocenters. The Kier molecular flexibility index (Phi) is 3.10. The maximum absolute atomic E-state index is 4.33. The summed E-state index contributed by atoms with van der Waals surface area (Å²) in [4.78, 5) is 12.6. The molecular weight excluding hydrogens is 200 g/mol. The van der Waals surface area contributed by atoms with Gasteiger partial charge < -0.3 is 5.32 Å². The van der Waals surface area contributed by atoms with Crippen LogP contribution in [0, 0.1) is 6.92 Å². The minimum atomic E-state index is 0.123. The molecule has 2 rings (SSSR count). The van der Waals surface area contributed by atoms with Gasteiger partial charge in [-0.05, 0) is 26.0 Å². The highest BCUT2D eigenvalue weighted by Gasteiger charge is 2.09. The lowest BCUT2D eigenvalue weighted by Crippen LogP contribution is -2.10. The van der Waals surface area contributed by atoms with Gasteiger partial charge in [-0.25, -0.2) is 0 Å². The Morgan fingerprint density at radius 1 is 1.19 bits per heavy atom. The molecule has 0 bridgehead atoms. The molecule has 4 heteroatoms. The Morgan fingerprint density at radius 3 is 2.69 bits per heavy atom. The Morgan fingerprint density at radius 2 is 2.00 bits per heavy atom. The van der Waals surface area contributed by atoms with E-state index in [0.29, 0.717) is 0 Å². The Bertz CT molecular complexity index is 456. The van der Waals surface area contributed by atoms with Gasteiger partial charge >= 0.3 is 0 Å². The first-order valence-corrected chi connectivity index (χ1v) is 5.21. The van der Waals surface area contributed by atoms with E-state index < -0.39 is 0 Å². The third-order valence-corrected chi connectivity index (χ3v) is 2.37. The maximum atomic E-state index is 4.33. The summed E-state index contributed by atoms with van der Waals surface area (Å²) < 4.78 is 0. The smallest absolute Gasteiger partial charge is 0.0835 e. The average molecular weight is 214 g/mol. The number of rotatable bonds is 3. The zero-order chi connectivity index (χ0) is 11.4. The van der Waals surface area contributed by atoms with Gasteiger partial charge in [-0.3, -0.25) is 15.0 Å². The van der Waals surface area contributed by atoms with Crippen LogP contribution in [-0.2, 0) is 0 Å². The number of nitrogens with zero attached hydrogens (tertiary/aromatic N) is 3. The third kappa shape index (κ3) is 2.34. The van der Waals surface area contributed by atoms with Crippen LogP contribution in [0.25, 0.3) is 0 Å². The van der Waals surface area contributed by atoms with Crippen LogP contribution in [0.5, 0.6) is 0 Å². The molecule has 0 aliphatic rings. The summed E-state index contributed by atoms with van der Waals surface area (Å²) in [6.07, 6.45) is 6.96. The van der Waals surface area contributed by atoms with Crippen LogP contribution in [0.3, 0.4) is 0 Å². The zero-order valence-electron chi connectivity index (χ0n) is 9.38. The normalized spacial score (nSPS) is 12.1. The first kappa shape index (κ1) is 10.5. The van der Waals surface area contributed by atoms with Crippen molar-refractivity contribution in [2.24, 2.45) is 0 Å². The van der Waals surface area contributed by atoms with E-state index in [-0.39, 0.29) is 6.04 Å². The molecule has 0 saturated carbocycles. The van der Waals surface area contributed by atoms with Gasteiger partial charge in [-0.1, -0.05) is 0 Å². The third-order valence-electron chi connectivity index (χ3n) is 2.37. The number of pyridine rings is 1. The van der Waals surface area contributed by atoms with E-state index in [4.69, 9.17) is 0 Å². The molecule has 0 spiro atoms. The van der Waals surface area contributed by atoms with Crippen molar-refractivity contribution in [2.75, 3.05) is 5.32 Å². The van der Waals surface area contributed by atoms with Gasteiger partial charge in [0.2, 0.25) is 0 Å². The summed E-state index contributed by atoms with van der Waals surface area (Å²) in [7, 11) is 0. The first-order chi connectivity index (χ1) is 7.77. The van der Waals surface area contributed by atoms with Crippen molar-refractivity contribution in [3.63, 3.8) is 0 Å². The summed E-state index contributed by atoms with van der Waals surface area (Å²) in [5.74, 6) is 0. The Labute approximate surface area is 94.8 Å². The second-order valence-electron chi connectivity index (χ2n) is 3.63. The molecule has 0 aromatic carbocycles. The molecule has 0 aliphatic heterocycles. The minimum Gasteiger partial charge on any atom is -0.376 e. The fourth-order valence-electron chi connectivity index (χ4n) is 1.61. The molecule has 0 amide bonds. The van der Waals surface area contributed by atoms with Crippen LogP contribution in [0.4, 0.5) is 5.69 Å². The lowest BCUT2D eigenvalue weighted by molar-refractivity contribution is 0.809. The van der Waals surface area contributed by atoms with E-state index in [1.54, 1.807) is 24.8 Å². The number of hydrogen-bond donors (Lipinski definition) is 1. The molecule has 2 aromatic rings. The molecule has 0 aliphatic carbocycles. The topological polar surface area (TPSA) is 50.7 Å². The molecule has 1 N–H and O–H groups in total. The maximum Gasteiger partial charge on any atom is 0.0835 e. The quantitative estimate of drug-likeness (QED) is 0.852. The van der Waals surface area contributed by atoms with E-state index in [1.807, 2.05) is 19.1 Å². The van der Waals surface area contributed by atoms with E-state index in [0.717, 1.165) is 17.1 Å². The number of anilines is 1. The molecule has 2 aromatic heterocycles. The van der Waals surface area contributed by atoms with Crippen molar-refractivity contribution in [1.82, 2.24) is 15.0 Å². The van der Waals surface area contributed by atoms with Gasteiger partial charge in [-0.2, -0.15) is 0 Å². The summed E-state index contributed by atoms with van der Waals surface area (Å²) in [5.41, 5.74) is 2.90. The van der Waals surface area contributed by atoms with Crippen LogP contribution < -0.4 is 5.32 Å². The Balaban J connectivity index is 2.15. The fraction of sp³-hybridized carbons (Fsp3) is 0.250. The van der Waals surface area contributed by atoms with Crippen molar-refractivity contribution in [3.05, 3.63) is 48.3 Å². The van der Waals surface area contributed by atoms with E-state index in [2.05, 4.69) is 27.2 Å². The summed E-state index contributed by atoms with van der Waals surface area (Å²) in [5, 5.41) is 3.33. The molecule has 82 valence electrons. The second-order valence-corrected chi connectivity index (χ2v) is 3.63. The molecule has 0 radical (unpaired) electrons. The number of aryl methyl sites for hydroxylation is 1. The monoisotopic (exact) mass is 214 g/mol. The molecule has 1 unspecified atom stereocenters. The fourth-order valence-corrected chi connectivity index (χ4v) is 1.61. The van der Waals surface area contributed by atoms with E-state index >= 15 is 0 Å². The number of hydrogen-bond acceptors (Lipinski definition) is 4. The summed E-state index contributed by atoms with van der Waals surface area (Å²) in [6, 6.07) is 4.01. The summed E-state index contributed by atoms with van der Waals surface area (Å²) >= 11 is 0. The standard InChI is InChI=1S/C12H14N4/c1-9-12(15-7-6-14-9)10(2)16-11-4-3-5-13-8-11/h3-8,10,16H,1-2H3. The van der Waals surface area contributed by atoms with Crippen LogP contribution in [0.1, 0.15) is 24.4 Å². The van der Waals surface area contributed by atoms with Gasteiger partial charge in [-0.15, -0.1) is 0 Å². The minimum absolute atomic E-state index is 0.123. The van der Waals surface area contributed by atoms with Crippen molar-refractivity contribution in [3.8, 4) is 0 Å². The van der Waals surface area contributed by atoms with Gasteiger partial charge in [0.05, 0.1) is 23.1 Å². The first-order valence-electron chi connectivity index (χ1n) is 5.21. The molecule has 4 nitrogen and oxygen atoms in total. The largest absolute Gasteiger partial charge is 0.376 e.